The van der Waals surface area contributed by atoms with Crippen molar-refractivity contribution in [3.8, 4) is 11.5 Å². The molecule has 1 saturated heterocycles. The van der Waals surface area contributed by atoms with Crippen LogP contribution >= 0.6 is 0 Å². The second-order valence-electron chi connectivity index (χ2n) is 5.88. The number of carbonyl (C=O) groups is 2. The Labute approximate surface area is 142 Å². The van der Waals surface area contributed by atoms with Crippen LogP contribution in [0, 0.1) is 6.92 Å². The van der Waals surface area contributed by atoms with Gasteiger partial charge in [0, 0.05) is 26.7 Å². The minimum absolute atomic E-state index is 0.0368. The Balaban J connectivity index is 2.04. The second kappa shape index (κ2) is 8.01. The van der Waals surface area contributed by atoms with Crippen LogP contribution in [0.5, 0.6) is 11.5 Å². The van der Waals surface area contributed by atoms with Crippen molar-refractivity contribution in [1.82, 2.24) is 15.1 Å². The molecule has 0 unspecified atom stereocenters. The van der Waals surface area contributed by atoms with Gasteiger partial charge in [-0.05, 0) is 30.2 Å². The van der Waals surface area contributed by atoms with Gasteiger partial charge in [0.05, 0.1) is 27.3 Å². The van der Waals surface area contributed by atoms with E-state index in [0.29, 0.717) is 31.1 Å². The van der Waals surface area contributed by atoms with E-state index >= 15 is 0 Å². The monoisotopic (exact) mass is 335 g/mol. The van der Waals surface area contributed by atoms with Gasteiger partial charge in [-0.25, -0.2) is 0 Å². The number of benzene rings is 1. The third kappa shape index (κ3) is 4.17. The molecule has 0 saturated carbocycles. The van der Waals surface area contributed by atoms with E-state index in [1.165, 1.54) is 0 Å². The van der Waals surface area contributed by atoms with Crippen LogP contribution in [0.4, 0.5) is 0 Å². The number of ether oxygens (including phenoxy) is 2. The molecule has 7 nitrogen and oxygen atoms in total. The van der Waals surface area contributed by atoms with Gasteiger partial charge in [-0.3, -0.25) is 9.59 Å². The van der Waals surface area contributed by atoms with Crippen LogP contribution < -0.4 is 14.8 Å². The van der Waals surface area contributed by atoms with Gasteiger partial charge in [-0.2, -0.15) is 0 Å². The molecule has 132 valence electrons. The largest absolute Gasteiger partial charge is 0.493 e. The molecule has 1 aromatic carbocycles. The SMILES string of the molecule is COc1cc(C)c(CN(C)C(=O)CN2CCNCC2=O)cc1OC. The lowest BCUT2D eigenvalue weighted by Crippen LogP contribution is -2.51. The van der Waals surface area contributed by atoms with Gasteiger partial charge in [-0.1, -0.05) is 0 Å². The molecule has 0 bridgehead atoms. The highest BCUT2D eigenvalue weighted by Gasteiger charge is 2.22. The molecule has 1 N–H and O–H groups in total. The zero-order chi connectivity index (χ0) is 17.7. The van der Waals surface area contributed by atoms with Crippen molar-refractivity contribution in [3.63, 3.8) is 0 Å². The standard InChI is InChI=1S/C17H25N3O4/c1-12-7-14(23-3)15(24-4)8-13(12)10-19(2)17(22)11-20-6-5-18-9-16(20)21/h7-8,18H,5-6,9-11H2,1-4H3. The van der Waals surface area contributed by atoms with Crippen LogP contribution in [0.25, 0.3) is 0 Å². The fraction of sp³-hybridized carbons (Fsp3) is 0.529. The molecule has 1 aliphatic heterocycles. The van der Waals surface area contributed by atoms with E-state index in [-0.39, 0.29) is 18.4 Å². The number of nitrogens with zero attached hydrogens (tertiary/aromatic N) is 2. The molecule has 0 spiro atoms. The summed E-state index contributed by atoms with van der Waals surface area (Å²) in [5.74, 6) is 1.18. The maximum Gasteiger partial charge on any atom is 0.242 e. The fourth-order valence-electron chi connectivity index (χ4n) is 2.63. The number of likely N-dealkylation sites (N-methyl/N-ethyl adjacent to an activating group) is 1. The number of carbonyl (C=O) groups excluding carboxylic acids is 2. The average molecular weight is 335 g/mol. The molecule has 2 rings (SSSR count). The number of nitrogens with one attached hydrogen (secondary N) is 1. The predicted molar refractivity (Wildman–Crippen MR) is 90.2 cm³/mol. The van der Waals surface area contributed by atoms with Crippen molar-refractivity contribution in [2.45, 2.75) is 13.5 Å². The Morgan fingerprint density at radius 1 is 1.29 bits per heavy atom. The first kappa shape index (κ1) is 18.1. The van der Waals surface area contributed by atoms with Gasteiger partial charge in [0.25, 0.3) is 0 Å². The molecule has 7 heteroatoms. The van der Waals surface area contributed by atoms with Crippen molar-refractivity contribution in [2.75, 3.05) is 47.4 Å². The van der Waals surface area contributed by atoms with E-state index in [0.717, 1.165) is 17.7 Å². The second-order valence-corrected chi connectivity index (χ2v) is 5.88. The number of methoxy groups -OCH3 is 2. The van der Waals surface area contributed by atoms with E-state index in [2.05, 4.69) is 5.32 Å². The number of rotatable bonds is 6. The van der Waals surface area contributed by atoms with Crippen LogP contribution in [-0.2, 0) is 16.1 Å². The highest BCUT2D eigenvalue weighted by Crippen LogP contribution is 2.30. The molecule has 24 heavy (non-hydrogen) atoms. The molecule has 0 aromatic heterocycles. The first-order valence-corrected chi connectivity index (χ1v) is 7.90. The summed E-state index contributed by atoms with van der Waals surface area (Å²) < 4.78 is 10.6. The lowest BCUT2D eigenvalue weighted by molar-refractivity contribution is -0.140. The molecule has 0 aliphatic carbocycles. The Morgan fingerprint density at radius 3 is 2.58 bits per heavy atom. The number of aryl methyl sites for hydroxylation is 1. The Bertz CT molecular complexity index is 618. The van der Waals surface area contributed by atoms with Crippen LogP contribution in [0.1, 0.15) is 11.1 Å². The summed E-state index contributed by atoms with van der Waals surface area (Å²) >= 11 is 0. The van der Waals surface area contributed by atoms with Gasteiger partial charge in [0.15, 0.2) is 11.5 Å². The van der Waals surface area contributed by atoms with E-state index < -0.39 is 0 Å². The molecule has 0 atom stereocenters. The summed E-state index contributed by atoms with van der Waals surface area (Å²) in [6, 6.07) is 3.78. The molecule has 1 fully saturated rings. The average Bonchev–Trinajstić information content (AvgIpc) is 2.58. The predicted octanol–water partition coefficient (Wildman–Crippen LogP) is 0.402. The quantitative estimate of drug-likeness (QED) is 0.815. The third-order valence-electron chi connectivity index (χ3n) is 4.19. The summed E-state index contributed by atoms with van der Waals surface area (Å²) in [4.78, 5) is 27.4. The third-order valence-corrected chi connectivity index (χ3v) is 4.19. The van der Waals surface area contributed by atoms with E-state index in [1.807, 2.05) is 19.1 Å². The lowest BCUT2D eigenvalue weighted by atomic mass is 10.1. The molecule has 2 amide bonds. The molecule has 0 radical (unpaired) electrons. The van der Waals surface area contributed by atoms with Gasteiger partial charge in [-0.15, -0.1) is 0 Å². The first-order chi connectivity index (χ1) is 11.5. The minimum Gasteiger partial charge on any atom is -0.493 e. The highest BCUT2D eigenvalue weighted by molar-refractivity contribution is 5.86. The van der Waals surface area contributed by atoms with Crippen LogP contribution in [0.15, 0.2) is 12.1 Å². The van der Waals surface area contributed by atoms with Gasteiger partial charge < -0.3 is 24.6 Å². The van der Waals surface area contributed by atoms with Crippen LogP contribution in [0.2, 0.25) is 0 Å². The number of piperazine rings is 1. The van der Waals surface area contributed by atoms with E-state index in [4.69, 9.17) is 9.47 Å². The minimum atomic E-state index is -0.0839. The summed E-state index contributed by atoms with van der Waals surface area (Å²) in [6.07, 6.45) is 0. The Morgan fingerprint density at radius 2 is 1.96 bits per heavy atom. The summed E-state index contributed by atoms with van der Waals surface area (Å²) in [6.45, 7) is 4.11. The van der Waals surface area contributed by atoms with Crippen molar-refractivity contribution < 1.29 is 19.1 Å². The zero-order valence-electron chi connectivity index (χ0n) is 14.7. The normalized spacial score (nSPS) is 14.5. The summed E-state index contributed by atoms with van der Waals surface area (Å²) in [7, 11) is 4.92. The highest BCUT2D eigenvalue weighted by atomic mass is 16.5. The fourth-order valence-corrected chi connectivity index (χ4v) is 2.63. The zero-order valence-corrected chi connectivity index (χ0v) is 14.7. The van der Waals surface area contributed by atoms with Crippen LogP contribution in [-0.4, -0.2) is 69.1 Å². The van der Waals surface area contributed by atoms with Crippen molar-refractivity contribution >= 4 is 11.8 Å². The maximum atomic E-state index is 12.4. The van der Waals surface area contributed by atoms with Gasteiger partial charge >= 0.3 is 0 Å². The maximum absolute atomic E-state index is 12.4. The smallest absolute Gasteiger partial charge is 0.242 e. The molecule has 1 aromatic rings. The number of hydrogen-bond donors (Lipinski definition) is 1. The summed E-state index contributed by atoms with van der Waals surface area (Å²) in [5, 5.41) is 3.00. The van der Waals surface area contributed by atoms with E-state index in [1.54, 1.807) is 31.1 Å². The van der Waals surface area contributed by atoms with Crippen LogP contribution in [0.3, 0.4) is 0 Å². The van der Waals surface area contributed by atoms with Crippen molar-refractivity contribution in [3.05, 3.63) is 23.3 Å². The molecule has 1 aliphatic rings. The Hall–Kier alpha value is -2.28. The molecular weight excluding hydrogens is 310 g/mol. The number of hydrogen-bond acceptors (Lipinski definition) is 5. The number of amides is 2. The molecular formula is C17H25N3O4. The lowest BCUT2D eigenvalue weighted by Gasteiger charge is -2.29. The summed E-state index contributed by atoms with van der Waals surface area (Å²) in [5.41, 5.74) is 2.00. The molecule has 1 heterocycles. The van der Waals surface area contributed by atoms with E-state index in [9.17, 15) is 9.59 Å². The Kier molecular flexibility index (Phi) is 6.03. The van der Waals surface area contributed by atoms with Crippen molar-refractivity contribution in [2.24, 2.45) is 0 Å². The first-order valence-electron chi connectivity index (χ1n) is 7.90. The van der Waals surface area contributed by atoms with Crippen molar-refractivity contribution in [1.29, 1.82) is 0 Å². The van der Waals surface area contributed by atoms with Gasteiger partial charge in [0.2, 0.25) is 11.8 Å². The topological polar surface area (TPSA) is 71.1 Å². The van der Waals surface area contributed by atoms with Gasteiger partial charge in [0.1, 0.15) is 0 Å².